The summed E-state index contributed by atoms with van der Waals surface area (Å²) >= 11 is 5.90. The Balaban J connectivity index is 1.46. The van der Waals surface area contributed by atoms with E-state index in [-0.39, 0.29) is 18.2 Å². The van der Waals surface area contributed by atoms with Crippen molar-refractivity contribution >= 4 is 29.1 Å². The Kier molecular flexibility index (Phi) is 6.81. The largest absolute Gasteiger partial charge is 0.496 e. The smallest absolute Gasteiger partial charge is 0.257 e. The second-order valence-corrected chi connectivity index (χ2v) is 8.96. The SMILES string of the molecule is COc1cc(NC(=O)Cc2ccc(Cl)cc2)ccc1C(=O)N1CCC[C@@H]2CCCC[C@@H]21. The molecule has 2 aromatic carbocycles. The number of piperidine rings is 1. The lowest BCUT2D eigenvalue weighted by Gasteiger charge is -2.44. The molecule has 6 heteroatoms. The third-order valence-electron chi connectivity index (χ3n) is 6.50. The molecule has 2 aliphatic rings. The van der Waals surface area contributed by atoms with Crippen LogP contribution in [0, 0.1) is 5.92 Å². The fraction of sp³-hybridized carbons (Fsp3) is 0.440. The number of halogens is 1. The Bertz CT molecular complexity index is 942. The molecule has 2 amide bonds. The highest BCUT2D eigenvalue weighted by Crippen LogP contribution is 2.37. The number of carbonyl (C=O) groups is 2. The number of methoxy groups -OCH3 is 1. The van der Waals surface area contributed by atoms with Crippen LogP contribution < -0.4 is 10.1 Å². The van der Waals surface area contributed by atoms with Crippen LogP contribution in [0.15, 0.2) is 42.5 Å². The third kappa shape index (κ3) is 5.04. The zero-order valence-corrected chi connectivity index (χ0v) is 18.7. The molecular weight excluding hydrogens is 412 g/mol. The van der Waals surface area contributed by atoms with Gasteiger partial charge in [0.25, 0.3) is 5.91 Å². The van der Waals surface area contributed by atoms with E-state index in [0.717, 1.165) is 24.9 Å². The van der Waals surface area contributed by atoms with Gasteiger partial charge < -0.3 is 15.0 Å². The summed E-state index contributed by atoms with van der Waals surface area (Å²) < 4.78 is 5.53. The minimum absolute atomic E-state index is 0.0347. The van der Waals surface area contributed by atoms with Crippen LogP contribution >= 0.6 is 11.6 Å². The number of anilines is 1. The van der Waals surface area contributed by atoms with E-state index in [1.54, 1.807) is 37.4 Å². The molecule has 0 aromatic heterocycles. The molecule has 0 unspecified atom stereocenters. The van der Waals surface area contributed by atoms with Gasteiger partial charge in [-0.3, -0.25) is 9.59 Å². The first kappa shape index (κ1) is 21.7. The van der Waals surface area contributed by atoms with E-state index in [0.29, 0.717) is 34.0 Å². The number of carbonyl (C=O) groups excluding carboxylic acids is 2. The second-order valence-electron chi connectivity index (χ2n) is 8.52. The van der Waals surface area contributed by atoms with Gasteiger partial charge in [0.15, 0.2) is 0 Å². The molecule has 2 fully saturated rings. The van der Waals surface area contributed by atoms with Crippen molar-refractivity contribution in [2.45, 2.75) is 51.0 Å². The lowest BCUT2D eigenvalue weighted by Crippen LogP contribution is -2.49. The Labute approximate surface area is 188 Å². The van der Waals surface area contributed by atoms with Crippen LogP contribution in [-0.2, 0) is 11.2 Å². The summed E-state index contributed by atoms with van der Waals surface area (Å²) in [6.07, 6.45) is 7.33. The first-order valence-corrected chi connectivity index (χ1v) is 11.5. The van der Waals surface area contributed by atoms with Crippen molar-refractivity contribution in [2.75, 3.05) is 19.0 Å². The van der Waals surface area contributed by atoms with E-state index in [4.69, 9.17) is 16.3 Å². The summed E-state index contributed by atoms with van der Waals surface area (Å²) in [6, 6.07) is 12.8. The summed E-state index contributed by atoms with van der Waals surface area (Å²) in [5, 5.41) is 3.53. The monoisotopic (exact) mass is 440 g/mol. The minimum Gasteiger partial charge on any atom is -0.496 e. The highest BCUT2D eigenvalue weighted by atomic mass is 35.5. The van der Waals surface area contributed by atoms with Crippen molar-refractivity contribution in [2.24, 2.45) is 5.92 Å². The van der Waals surface area contributed by atoms with E-state index in [1.807, 2.05) is 12.1 Å². The number of benzene rings is 2. The molecule has 1 heterocycles. The molecule has 4 rings (SSSR count). The number of fused-ring (bicyclic) bond motifs is 1. The Morgan fingerprint density at radius 2 is 1.81 bits per heavy atom. The van der Waals surface area contributed by atoms with Gasteiger partial charge in [0.05, 0.1) is 19.1 Å². The molecule has 2 atom stereocenters. The quantitative estimate of drug-likeness (QED) is 0.684. The van der Waals surface area contributed by atoms with Gasteiger partial charge in [0.1, 0.15) is 5.75 Å². The number of likely N-dealkylation sites (tertiary alicyclic amines) is 1. The maximum Gasteiger partial charge on any atom is 0.257 e. The van der Waals surface area contributed by atoms with Gasteiger partial charge in [-0.15, -0.1) is 0 Å². The van der Waals surface area contributed by atoms with Crippen LogP contribution in [0.2, 0.25) is 5.02 Å². The second kappa shape index (κ2) is 9.73. The average Bonchev–Trinajstić information content (AvgIpc) is 2.79. The van der Waals surface area contributed by atoms with Gasteiger partial charge in [-0.25, -0.2) is 0 Å². The molecular formula is C25H29ClN2O3. The van der Waals surface area contributed by atoms with E-state index in [9.17, 15) is 9.59 Å². The molecule has 1 aliphatic heterocycles. The van der Waals surface area contributed by atoms with Crippen molar-refractivity contribution < 1.29 is 14.3 Å². The van der Waals surface area contributed by atoms with Gasteiger partial charge >= 0.3 is 0 Å². The molecule has 0 bridgehead atoms. The van der Waals surface area contributed by atoms with Crippen LogP contribution in [-0.4, -0.2) is 36.4 Å². The van der Waals surface area contributed by atoms with Crippen LogP contribution in [0.25, 0.3) is 0 Å². The van der Waals surface area contributed by atoms with Gasteiger partial charge in [-0.05, 0) is 61.4 Å². The first-order chi connectivity index (χ1) is 15.0. The number of hydrogen-bond acceptors (Lipinski definition) is 3. The topological polar surface area (TPSA) is 58.6 Å². The summed E-state index contributed by atoms with van der Waals surface area (Å²) in [4.78, 5) is 27.9. The summed E-state index contributed by atoms with van der Waals surface area (Å²) in [6.45, 7) is 0.808. The number of nitrogens with zero attached hydrogens (tertiary/aromatic N) is 1. The third-order valence-corrected chi connectivity index (χ3v) is 6.75. The number of rotatable bonds is 5. The van der Waals surface area contributed by atoms with Crippen molar-refractivity contribution in [3.8, 4) is 5.75 Å². The number of ether oxygens (including phenoxy) is 1. The summed E-state index contributed by atoms with van der Waals surface area (Å²) in [5.41, 5.74) is 2.05. The lowest BCUT2D eigenvalue weighted by atomic mass is 9.78. The maximum absolute atomic E-state index is 13.4. The van der Waals surface area contributed by atoms with Crippen LogP contribution in [0.3, 0.4) is 0 Å². The standard InChI is InChI=1S/C25H29ClN2O3/c1-31-23-16-20(27-24(29)15-17-8-10-19(26)11-9-17)12-13-21(23)25(30)28-14-4-6-18-5-2-3-7-22(18)28/h8-13,16,18,22H,2-7,14-15H2,1H3,(H,27,29)/t18-,22-/m0/s1. The summed E-state index contributed by atoms with van der Waals surface area (Å²) in [7, 11) is 1.56. The molecule has 164 valence electrons. The maximum atomic E-state index is 13.4. The molecule has 1 aliphatic carbocycles. The molecule has 1 saturated carbocycles. The van der Waals surface area contributed by atoms with Gasteiger partial charge in [0, 0.05) is 29.4 Å². The van der Waals surface area contributed by atoms with Gasteiger partial charge in [0.2, 0.25) is 5.91 Å². The fourth-order valence-corrected chi connectivity index (χ4v) is 5.10. The zero-order chi connectivity index (χ0) is 21.8. The van der Waals surface area contributed by atoms with Crippen LogP contribution in [0.1, 0.15) is 54.4 Å². The molecule has 0 spiro atoms. The van der Waals surface area contributed by atoms with Crippen LogP contribution in [0.4, 0.5) is 5.69 Å². The highest BCUT2D eigenvalue weighted by molar-refractivity contribution is 6.30. The Hall–Kier alpha value is -2.53. The van der Waals surface area contributed by atoms with Crippen molar-refractivity contribution in [1.29, 1.82) is 0 Å². The normalized spacial score (nSPS) is 20.6. The van der Waals surface area contributed by atoms with Gasteiger partial charge in [-0.1, -0.05) is 36.6 Å². The van der Waals surface area contributed by atoms with E-state index in [1.165, 1.54) is 25.7 Å². The zero-order valence-electron chi connectivity index (χ0n) is 17.9. The fourth-order valence-electron chi connectivity index (χ4n) is 4.97. The number of hydrogen-bond donors (Lipinski definition) is 1. The lowest BCUT2D eigenvalue weighted by molar-refractivity contribution is -0.115. The molecule has 31 heavy (non-hydrogen) atoms. The molecule has 5 nitrogen and oxygen atoms in total. The highest BCUT2D eigenvalue weighted by Gasteiger charge is 2.36. The predicted molar refractivity (Wildman–Crippen MR) is 123 cm³/mol. The molecule has 2 aromatic rings. The molecule has 1 N–H and O–H groups in total. The van der Waals surface area contributed by atoms with Crippen LogP contribution in [0.5, 0.6) is 5.75 Å². The number of amides is 2. The minimum atomic E-state index is -0.135. The summed E-state index contributed by atoms with van der Waals surface area (Å²) in [5.74, 6) is 1.02. The predicted octanol–water partition coefficient (Wildman–Crippen LogP) is 5.32. The van der Waals surface area contributed by atoms with Gasteiger partial charge in [-0.2, -0.15) is 0 Å². The van der Waals surface area contributed by atoms with Crippen molar-refractivity contribution in [3.63, 3.8) is 0 Å². The molecule has 1 saturated heterocycles. The number of nitrogens with one attached hydrogen (secondary N) is 1. The van der Waals surface area contributed by atoms with E-state index < -0.39 is 0 Å². The van der Waals surface area contributed by atoms with E-state index in [2.05, 4.69) is 10.2 Å². The molecule has 0 radical (unpaired) electrons. The van der Waals surface area contributed by atoms with Crippen molar-refractivity contribution in [3.05, 3.63) is 58.6 Å². The van der Waals surface area contributed by atoms with E-state index >= 15 is 0 Å². The first-order valence-electron chi connectivity index (χ1n) is 11.1. The van der Waals surface area contributed by atoms with Crippen molar-refractivity contribution in [1.82, 2.24) is 4.90 Å². The average molecular weight is 441 g/mol. The Morgan fingerprint density at radius 3 is 2.58 bits per heavy atom. The Morgan fingerprint density at radius 1 is 1.06 bits per heavy atom.